The van der Waals surface area contributed by atoms with Gasteiger partial charge in [0.15, 0.2) is 0 Å². The van der Waals surface area contributed by atoms with Crippen molar-refractivity contribution in [2.75, 3.05) is 0 Å². The highest BCUT2D eigenvalue weighted by molar-refractivity contribution is 5.46. The van der Waals surface area contributed by atoms with Crippen LogP contribution in [0.5, 0.6) is 11.5 Å². The van der Waals surface area contributed by atoms with Crippen LogP contribution in [0.4, 0.5) is 0 Å². The summed E-state index contributed by atoms with van der Waals surface area (Å²) in [5.74, 6) is 0.428. The molecule has 1 aromatic carbocycles. The molecule has 0 saturated heterocycles. The number of hydrogen-bond acceptors (Lipinski definition) is 2. The molecule has 2 heteroatoms. The summed E-state index contributed by atoms with van der Waals surface area (Å²) in [7, 11) is 0. The average molecular weight is 180 g/mol. The second-order valence-corrected chi connectivity index (χ2v) is 3.22. The highest BCUT2D eigenvalue weighted by atomic mass is 16.3. The van der Waals surface area contributed by atoms with Gasteiger partial charge in [0.1, 0.15) is 11.5 Å². The predicted octanol–water partition coefficient (Wildman–Crippen LogP) is 2.61. The minimum absolute atomic E-state index is 0.214. The van der Waals surface area contributed by atoms with Crippen LogP contribution in [0, 0.1) is 0 Å². The van der Waals surface area contributed by atoms with Gasteiger partial charge in [-0.05, 0) is 30.5 Å². The van der Waals surface area contributed by atoms with Gasteiger partial charge in [0, 0.05) is 5.56 Å². The summed E-state index contributed by atoms with van der Waals surface area (Å²) in [5.41, 5.74) is 1.63. The molecule has 0 aliphatic carbocycles. The van der Waals surface area contributed by atoms with E-state index in [0.717, 1.165) is 18.4 Å². The molecule has 0 unspecified atom stereocenters. The summed E-state index contributed by atoms with van der Waals surface area (Å²) in [6.45, 7) is 3.98. The van der Waals surface area contributed by atoms with Crippen molar-refractivity contribution in [2.24, 2.45) is 0 Å². The number of aromatic hydroxyl groups is 2. The van der Waals surface area contributed by atoms with Crippen molar-refractivity contribution in [3.05, 3.63) is 23.3 Å². The first-order chi connectivity index (χ1) is 6.19. The zero-order valence-corrected chi connectivity index (χ0v) is 8.17. The summed E-state index contributed by atoms with van der Waals surface area (Å²) < 4.78 is 0. The standard InChI is InChI=1S/C11H16O2/c1-3-5-8-6-10(12)9(4-2)11(13)7-8/h6-7,12-13H,3-5H2,1-2H3. The van der Waals surface area contributed by atoms with Crippen molar-refractivity contribution in [3.63, 3.8) is 0 Å². The second kappa shape index (κ2) is 4.17. The molecule has 2 N–H and O–H groups in total. The van der Waals surface area contributed by atoms with E-state index < -0.39 is 0 Å². The minimum Gasteiger partial charge on any atom is -0.508 e. The fraction of sp³-hybridized carbons (Fsp3) is 0.455. The maximum Gasteiger partial charge on any atom is 0.122 e. The molecule has 0 fully saturated rings. The van der Waals surface area contributed by atoms with E-state index in [1.165, 1.54) is 0 Å². The molecule has 1 rings (SSSR count). The van der Waals surface area contributed by atoms with Crippen molar-refractivity contribution in [2.45, 2.75) is 33.1 Å². The van der Waals surface area contributed by atoms with E-state index in [-0.39, 0.29) is 11.5 Å². The molecule has 0 bridgehead atoms. The lowest BCUT2D eigenvalue weighted by molar-refractivity contribution is 0.438. The molecule has 0 aliphatic rings. The number of phenols is 2. The third-order valence-electron chi connectivity index (χ3n) is 2.15. The largest absolute Gasteiger partial charge is 0.508 e. The zero-order valence-electron chi connectivity index (χ0n) is 8.17. The first-order valence-electron chi connectivity index (χ1n) is 4.72. The van der Waals surface area contributed by atoms with Gasteiger partial charge in [0.2, 0.25) is 0 Å². The van der Waals surface area contributed by atoms with Crippen LogP contribution in [0.2, 0.25) is 0 Å². The molecular formula is C11H16O2. The van der Waals surface area contributed by atoms with Crippen LogP contribution in [-0.2, 0) is 12.8 Å². The summed E-state index contributed by atoms with van der Waals surface area (Å²) in [6, 6.07) is 3.48. The Morgan fingerprint density at radius 1 is 1.08 bits per heavy atom. The fourth-order valence-electron chi connectivity index (χ4n) is 1.49. The van der Waals surface area contributed by atoms with E-state index in [0.29, 0.717) is 12.0 Å². The van der Waals surface area contributed by atoms with Gasteiger partial charge in [-0.2, -0.15) is 0 Å². The third-order valence-corrected chi connectivity index (χ3v) is 2.15. The average Bonchev–Trinajstić information content (AvgIpc) is 2.04. The highest BCUT2D eigenvalue weighted by Gasteiger charge is 2.06. The molecule has 0 aromatic heterocycles. The van der Waals surface area contributed by atoms with Crippen molar-refractivity contribution in [3.8, 4) is 11.5 Å². The van der Waals surface area contributed by atoms with Crippen LogP contribution in [0.1, 0.15) is 31.4 Å². The Hall–Kier alpha value is -1.18. The highest BCUT2D eigenvalue weighted by Crippen LogP contribution is 2.29. The van der Waals surface area contributed by atoms with Crippen LogP contribution in [-0.4, -0.2) is 10.2 Å². The minimum atomic E-state index is 0.214. The Morgan fingerprint density at radius 2 is 1.62 bits per heavy atom. The van der Waals surface area contributed by atoms with Gasteiger partial charge in [-0.3, -0.25) is 0 Å². The number of aryl methyl sites for hydroxylation is 1. The van der Waals surface area contributed by atoms with Crippen molar-refractivity contribution < 1.29 is 10.2 Å². The SMILES string of the molecule is CCCc1cc(O)c(CC)c(O)c1. The molecule has 13 heavy (non-hydrogen) atoms. The first kappa shape index (κ1) is 9.90. The fourth-order valence-corrected chi connectivity index (χ4v) is 1.49. The van der Waals surface area contributed by atoms with Crippen LogP contribution in [0.25, 0.3) is 0 Å². The molecule has 2 nitrogen and oxygen atoms in total. The summed E-state index contributed by atoms with van der Waals surface area (Å²) >= 11 is 0. The van der Waals surface area contributed by atoms with Gasteiger partial charge in [-0.25, -0.2) is 0 Å². The topological polar surface area (TPSA) is 40.5 Å². The van der Waals surface area contributed by atoms with Crippen LogP contribution < -0.4 is 0 Å². The summed E-state index contributed by atoms with van der Waals surface area (Å²) in [5, 5.41) is 19.1. The van der Waals surface area contributed by atoms with Gasteiger partial charge in [0.25, 0.3) is 0 Å². The maximum absolute atomic E-state index is 9.54. The summed E-state index contributed by atoms with van der Waals surface area (Å²) in [4.78, 5) is 0. The second-order valence-electron chi connectivity index (χ2n) is 3.22. The lowest BCUT2D eigenvalue weighted by Gasteiger charge is -2.07. The first-order valence-corrected chi connectivity index (χ1v) is 4.72. The molecule has 1 aromatic rings. The van der Waals surface area contributed by atoms with E-state index in [4.69, 9.17) is 0 Å². The van der Waals surface area contributed by atoms with Crippen LogP contribution in [0.3, 0.4) is 0 Å². The van der Waals surface area contributed by atoms with Crippen molar-refractivity contribution >= 4 is 0 Å². The molecule has 0 amide bonds. The van der Waals surface area contributed by atoms with E-state index in [9.17, 15) is 10.2 Å². The monoisotopic (exact) mass is 180 g/mol. The Bertz CT molecular complexity index is 269. The Balaban J connectivity index is 3.05. The zero-order chi connectivity index (χ0) is 9.84. The predicted molar refractivity (Wildman–Crippen MR) is 53.1 cm³/mol. The number of rotatable bonds is 3. The molecule has 0 heterocycles. The van der Waals surface area contributed by atoms with Gasteiger partial charge in [-0.1, -0.05) is 20.3 Å². The normalized spacial score (nSPS) is 10.3. The number of benzene rings is 1. The maximum atomic E-state index is 9.54. The molecule has 0 spiro atoms. The van der Waals surface area contributed by atoms with E-state index in [2.05, 4.69) is 6.92 Å². The van der Waals surface area contributed by atoms with Gasteiger partial charge >= 0.3 is 0 Å². The number of phenolic OH excluding ortho intramolecular Hbond substituents is 2. The van der Waals surface area contributed by atoms with Gasteiger partial charge in [-0.15, -0.1) is 0 Å². The quantitative estimate of drug-likeness (QED) is 0.750. The molecule has 0 atom stereocenters. The summed E-state index contributed by atoms with van der Waals surface area (Å²) in [6.07, 6.45) is 2.57. The Kier molecular flexibility index (Phi) is 3.18. The van der Waals surface area contributed by atoms with E-state index in [1.807, 2.05) is 6.92 Å². The smallest absolute Gasteiger partial charge is 0.122 e. The van der Waals surface area contributed by atoms with Crippen molar-refractivity contribution in [1.29, 1.82) is 0 Å². The van der Waals surface area contributed by atoms with Crippen molar-refractivity contribution in [1.82, 2.24) is 0 Å². The third kappa shape index (κ3) is 2.14. The Morgan fingerprint density at radius 3 is 2.00 bits per heavy atom. The molecule has 72 valence electrons. The Labute approximate surface area is 78.8 Å². The van der Waals surface area contributed by atoms with Crippen LogP contribution >= 0.6 is 0 Å². The lowest BCUT2D eigenvalue weighted by atomic mass is 10.0. The molecule has 0 radical (unpaired) electrons. The van der Waals surface area contributed by atoms with Crippen LogP contribution in [0.15, 0.2) is 12.1 Å². The lowest BCUT2D eigenvalue weighted by Crippen LogP contribution is -1.88. The van der Waals surface area contributed by atoms with Gasteiger partial charge in [0.05, 0.1) is 0 Å². The van der Waals surface area contributed by atoms with E-state index in [1.54, 1.807) is 12.1 Å². The molecule has 0 saturated carbocycles. The van der Waals surface area contributed by atoms with E-state index >= 15 is 0 Å². The number of hydrogen-bond donors (Lipinski definition) is 2. The molecular weight excluding hydrogens is 164 g/mol. The van der Waals surface area contributed by atoms with Gasteiger partial charge < -0.3 is 10.2 Å². The molecule has 0 aliphatic heterocycles.